The van der Waals surface area contributed by atoms with E-state index in [1.165, 1.54) is 0 Å². The number of hydrogen-bond acceptors (Lipinski definition) is 3. The van der Waals surface area contributed by atoms with Crippen molar-refractivity contribution in [3.8, 4) is 0 Å². The molecule has 2 aromatic rings. The lowest BCUT2D eigenvalue weighted by Gasteiger charge is -2.17. The molecule has 0 spiro atoms. The molecule has 6 heteroatoms. The first-order valence-electron chi connectivity index (χ1n) is 6.44. The number of anilines is 1. The van der Waals surface area contributed by atoms with E-state index in [-0.39, 0.29) is 16.6 Å². The molecular weight excluding hydrogens is 352 g/mol. The Bertz CT molecular complexity index is 740. The Labute approximate surface area is 133 Å². The molecule has 0 radical (unpaired) electrons. The molecule has 21 heavy (non-hydrogen) atoms. The summed E-state index contributed by atoms with van der Waals surface area (Å²) in [5.41, 5.74) is 7.58. The smallest absolute Gasteiger partial charge is 0.243 e. The molecule has 0 aliphatic carbocycles. The standard InChI is InChI=1S/C15H17BrN2O2S/c1-10-5-3-8-14(17)15(10)21(19,20)18-11(2)12-6-4-7-13(16)9-12/h3-9,11,18H,17H2,1-2H3. The van der Waals surface area contributed by atoms with Gasteiger partial charge in [0.1, 0.15) is 4.90 Å². The summed E-state index contributed by atoms with van der Waals surface area (Å²) < 4.78 is 28.7. The monoisotopic (exact) mass is 368 g/mol. The van der Waals surface area contributed by atoms with E-state index < -0.39 is 10.0 Å². The summed E-state index contributed by atoms with van der Waals surface area (Å²) in [6, 6.07) is 12.2. The highest BCUT2D eigenvalue weighted by Crippen LogP contribution is 2.25. The van der Waals surface area contributed by atoms with Crippen molar-refractivity contribution in [3.05, 3.63) is 58.1 Å². The average Bonchev–Trinajstić information content (AvgIpc) is 2.37. The van der Waals surface area contributed by atoms with Crippen molar-refractivity contribution < 1.29 is 8.42 Å². The Hall–Kier alpha value is -1.37. The van der Waals surface area contributed by atoms with E-state index in [1.807, 2.05) is 24.3 Å². The van der Waals surface area contributed by atoms with Crippen molar-refractivity contribution in [1.82, 2.24) is 4.72 Å². The van der Waals surface area contributed by atoms with Crippen LogP contribution in [0.1, 0.15) is 24.1 Å². The number of hydrogen-bond donors (Lipinski definition) is 2. The number of nitrogens with one attached hydrogen (secondary N) is 1. The number of nitrogen functional groups attached to an aromatic ring is 1. The quantitative estimate of drug-likeness (QED) is 0.812. The second-order valence-electron chi connectivity index (χ2n) is 4.89. The number of halogens is 1. The molecule has 0 heterocycles. The number of sulfonamides is 1. The molecule has 4 nitrogen and oxygen atoms in total. The summed E-state index contributed by atoms with van der Waals surface area (Å²) in [5.74, 6) is 0. The zero-order valence-corrected chi connectivity index (χ0v) is 14.2. The van der Waals surface area contributed by atoms with Crippen molar-refractivity contribution in [2.75, 3.05) is 5.73 Å². The molecular formula is C15H17BrN2O2S. The molecule has 0 saturated heterocycles. The SMILES string of the molecule is Cc1cccc(N)c1S(=O)(=O)NC(C)c1cccc(Br)c1. The zero-order chi connectivity index (χ0) is 15.6. The van der Waals surface area contributed by atoms with Crippen molar-refractivity contribution >= 4 is 31.6 Å². The number of aryl methyl sites for hydroxylation is 1. The van der Waals surface area contributed by atoms with Crippen molar-refractivity contribution in [2.45, 2.75) is 24.8 Å². The van der Waals surface area contributed by atoms with Gasteiger partial charge in [-0.2, -0.15) is 0 Å². The summed E-state index contributed by atoms with van der Waals surface area (Å²) in [6.07, 6.45) is 0. The third kappa shape index (κ3) is 3.64. The van der Waals surface area contributed by atoms with Crippen LogP contribution in [0.3, 0.4) is 0 Å². The Balaban J connectivity index is 2.34. The average molecular weight is 369 g/mol. The fourth-order valence-electron chi connectivity index (χ4n) is 2.18. The lowest BCUT2D eigenvalue weighted by molar-refractivity contribution is 0.566. The van der Waals surface area contributed by atoms with E-state index in [4.69, 9.17) is 5.73 Å². The zero-order valence-electron chi connectivity index (χ0n) is 11.8. The summed E-state index contributed by atoms with van der Waals surface area (Å²) >= 11 is 3.38. The van der Waals surface area contributed by atoms with E-state index in [1.54, 1.807) is 32.0 Å². The van der Waals surface area contributed by atoms with E-state index >= 15 is 0 Å². The first-order chi connectivity index (χ1) is 9.81. The van der Waals surface area contributed by atoms with Gasteiger partial charge >= 0.3 is 0 Å². The Kier molecular flexibility index (Phi) is 4.70. The molecule has 0 aliphatic heterocycles. The maximum atomic E-state index is 12.5. The minimum atomic E-state index is -3.67. The van der Waals surface area contributed by atoms with Crippen molar-refractivity contribution in [1.29, 1.82) is 0 Å². The summed E-state index contributed by atoms with van der Waals surface area (Å²) in [5, 5.41) is 0. The third-order valence-corrected chi connectivity index (χ3v) is 5.44. The number of nitrogens with two attached hydrogens (primary N) is 1. The van der Waals surface area contributed by atoms with Gasteiger partial charge in [-0.25, -0.2) is 13.1 Å². The van der Waals surface area contributed by atoms with E-state index in [9.17, 15) is 8.42 Å². The highest BCUT2D eigenvalue weighted by Gasteiger charge is 2.22. The summed E-state index contributed by atoms with van der Waals surface area (Å²) in [4.78, 5) is 0.145. The Morgan fingerprint density at radius 3 is 2.48 bits per heavy atom. The summed E-state index contributed by atoms with van der Waals surface area (Å²) in [6.45, 7) is 3.53. The van der Waals surface area contributed by atoms with Crippen LogP contribution in [0, 0.1) is 6.92 Å². The van der Waals surface area contributed by atoms with Gasteiger partial charge in [-0.1, -0.05) is 40.2 Å². The van der Waals surface area contributed by atoms with Crippen LogP contribution in [0.5, 0.6) is 0 Å². The minimum Gasteiger partial charge on any atom is -0.398 e. The first-order valence-corrected chi connectivity index (χ1v) is 8.72. The molecule has 112 valence electrons. The highest BCUT2D eigenvalue weighted by atomic mass is 79.9. The molecule has 2 aromatic carbocycles. The molecule has 2 rings (SSSR count). The molecule has 1 unspecified atom stereocenters. The predicted molar refractivity (Wildman–Crippen MR) is 88.5 cm³/mol. The fraction of sp³-hybridized carbons (Fsp3) is 0.200. The molecule has 0 aliphatic rings. The topological polar surface area (TPSA) is 72.2 Å². The maximum Gasteiger partial charge on any atom is 0.243 e. The van der Waals surface area contributed by atoms with Gasteiger partial charge < -0.3 is 5.73 Å². The normalized spacial score (nSPS) is 13.1. The predicted octanol–water partition coefficient (Wildman–Crippen LogP) is 3.38. The van der Waals surface area contributed by atoms with Crippen LogP contribution >= 0.6 is 15.9 Å². The highest BCUT2D eigenvalue weighted by molar-refractivity contribution is 9.10. The molecule has 0 fully saturated rings. The summed E-state index contributed by atoms with van der Waals surface area (Å²) in [7, 11) is -3.67. The van der Waals surface area contributed by atoms with Crippen LogP contribution < -0.4 is 10.5 Å². The first kappa shape index (κ1) is 16.0. The molecule has 3 N–H and O–H groups in total. The Morgan fingerprint density at radius 1 is 1.19 bits per heavy atom. The van der Waals surface area contributed by atoms with Gasteiger partial charge in [-0.3, -0.25) is 0 Å². The molecule has 0 amide bonds. The van der Waals surface area contributed by atoms with Gasteiger partial charge in [0.2, 0.25) is 10.0 Å². The fourth-order valence-corrected chi connectivity index (χ4v) is 4.18. The lowest BCUT2D eigenvalue weighted by atomic mass is 10.1. The van der Waals surface area contributed by atoms with Crippen LogP contribution in [0.25, 0.3) is 0 Å². The van der Waals surface area contributed by atoms with E-state index in [0.29, 0.717) is 5.56 Å². The van der Waals surface area contributed by atoms with Gasteiger partial charge in [-0.15, -0.1) is 0 Å². The van der Waals surface area contributed by atoms with Crippen molar-refractivity contribution in [3.63, 3.8) is 0 Å². The maximum absolute atomic E-state index is 12.5. The largest absolute Gasteiger partial charge is 0.398 e. The van der Waals surface area contributed by atoms with Gasteiger partial charge in [-0.05, 0) is 43.2 Å². The van der Waals surface area contributed by atoms with Crippen LogP contribution in [0.2, 0.25) is 0 Å². The van der Waals surface area contributed by atoms with E-state index in [0.717, 1.165) is 10.0 Å². The molecule has 0 saturated carbocycles. The van der Waals surface area contributed by atoms with Crippen LogP contribution in [0.15, 0.2) is 51.8 Å². The van der Waals surface area contributed by atoms with Gasteiger partial charge in [0.25, 0.3) is 0 Å². The Morgan fingerprint density at radius 2 is 1.86 bits per heavy atom. The van der Waals surface area contributed by atoms with Crippen LogP contribution in [-0.2, 0) is 10.0 Å². The van der Waals surface area contributed by atoms with Gasteiger partial charge in [0, 0.05) is 10.5 Å². The van der Waals surface area contributed by atoms with Gasteiger partial charge in [0.15, 0.2) is 0 Å². The van der Waals surface area contributed by atoms with Crippen molar-refractivity contribution in [2.24, 2.45) is 0 Å². The molecule has 1 atom stereocenters. The number of benzene rings is 2. The number of rotatable bonds is 4. The van der Waals surface area contributed by atoms with Gasteiger partial charge in [0.05, 0.1) is 5.69 Å². The second-order valence-corrected chi connectivity index (χ2v) is 7.46. The molecule has 0 bridgehead atoms. The van der Waals surface area contributed by atoms with E-state index in [2.05, 4.69) is 20.7 Å². The minimum absolute atomic E-state index is 0.145. The van der Waals surface area contributed by atoms with Crippen LogP contribution in [0.4, 0.5) is 5.69 Å². The third-order valence-electron chi connectivity index (χ3n) is 3.19. The second kappa shape index (κ2) is 6.17. The lowest BCUT2D eigenvalue weighted by Crippen LogP contribution is -2.28. The molecule has 0 aromatic heterocycles. The van der Waals surface area contributed by atoms with Crippen LogP contribution in [-0.4, -0.2) is 8.42 Å².